The van der Waals surface area contributed by atoms with Gasteiger partial charge in [0.25, 0.3) is 0 Å². The topological polar surface area (TPSA) is 41.6 Å². The third-order valence-corrected chi connectivity index (χ3v) is 4.45. The number of carbonyl (C=O) groups is 1. The van der Waals surface area contributed by atoms with E-state index in [2.05, 4.69) is 24.1 Å². The summed E-state index contributed by atoms with van der Waals surface area (Å²) in [5.41, 5.74) is -0.424. The van der Waals surface area contributed by atoms with Crippen LogP contribution in [0.4, 0.5) is 4.79 Å². The third kappa shape index (κ3) is 4.11. The smallest absolute Gasteiger partial charge is 0.407 e. The van der Waals surface area contributed by atoms with Crippen LogP contribution >= 0.6 is 0 Å². The summed E-state index contributed by atoms with van der Waals surface area (Å²) in [5, 5.41) is 3.05. The van der Waals surface area contributed by atoms with Crippen molar-refractivity contribution in [1.29, 1.82) is 0 Å². The van der Waals surface area contributed by atoms with Gasteiger partial charge >= 0.3 is 6.09 Å². The highest BCUT2D eigenvalue weighted by Gasteiger charge is 2.37. The zero-order valence-electron chi connectivity index (χ0n) is 13.6. The van der Waals surface area contributed by atoms with Crippen molar-refractivity contribution < 1.29 is 9.53 Å². The molecule has 1 amide bonds. The first-order chi connectivity index (χ1) is 9.24. The van der Waals surface area contributed by atoms with Crippen molar-refractivity contribution in [1.82, 2.24) is 10.2 Å². The molecular formula is C16H30N2O2. The molecule has 1 heterocycles. The summed E-state index contributed by atoms with van der Waals surface area (Å²) in [6, 6.07) is 0.946. The molecule has 1 saturated carbocycles. The third-order valence-electron chi connectivity index (χ3n) is 4.45. The standard InChI is InChI=1S/C16H30N2O2/c1-11-8-13(17-15(19)20-16(3,4)5)10-18(9-11)14-7-6-12(14)2/h11-14H,6-10H2,1-5H3,(H,17,19). The molecule has 0 aromatic carbocycles. The van der Waals surface area contributed by atoms with Crippen molar-refractivity contribution in [2.75, 3.05) is 13.1 Å². The van der Waals surface area contributed by atoms with Crippen molar-refractivity contribution in [3.63, 3.8) is 0 Å². The SMILES string of the molecule is CC1CC(NC(=O)OC(C)(C)C)CN(C2CCC2C)C1. The molecule has 2 rings (SSSR count). The Balaban J connectivity index is 1.86. The molecule has 2 aliphatic rings. The van der Waals surface area contributed by atoms with Crippen LogP contribution in [0.15, 0.2) is 0 Å². The molecule has 4 unspecified atom stereocenters. The largest absolute Gasteiger partial charge is 0.444 e. The van der Waals surface area contributed by atoms with Crippen LogP contribution in [0, 0.1) is 11.8 Å². The van der Waals surface area contributed by atoms with Gasteiger partial charge in [-0.05, 0) is 51.9 Å². The Morgan fingerprint density at radius 3 is 2.40 bits per heavy atom. The number of nitrogens with one attached hydrogen (secondary N) is 1. The first-order valence-electron chi connectivity index (χ1n) is 7.98. The van der Waals surface area contributed by atoms with Crippen LogP contribution in [0.25, 0.3) is 0 Å². The Hall–Kier alpha value is -0.770. The zero-order chi connectivity index (χ0) is 14.9. The summed E-state index contributed by atoms with van der Waals surface area (Å²) in [6.45, 7) is 12.5. The lowest BCUT2D eigenvalue weighted by molar-refractivity contribution is 0.0177. The van der Waals surface area contributed by atoms with Crippen LogP contribution in [0.2, 0.25) is 0 Å². The number of ether oxygens (including phenoxy) is 1. The highest BCUT2D eigenvalue weighted by Crippen LogP contribution is 2.34. The quantitative estimate of drug-likeness (QED) is 0.846. The van der Waals surface area contributed by atoms with Gasteiger partial charge in [-0.25, -0.2) is 4.79 Å². The number of alkyl carbamates (subject to hydrolysis) is 1. The van der Waals surface area contributed by atoms with Crippen LogP contribution in [0.3, 0.4) is 0 Å². The minimum Gasteiger partial charge on any atom is -0.444 e. The van der Waals surface area contributed by atoms with Crippen LogP contribution in [-0.2, 0) is 4.74 Å². The van der Waals surface area contributed by atoms with Crippen molar-refractivity contribution in [2.45, 2.75) is 71.6 Å². The zero-order valence-corrected chi connectivity index (χ0v) is 13.6. The Kier molecular flexibility index (Phi) is 4.62. The van der Waals surface area contributed by atoms with E-state index in [1.54, 1.807) is 0 Å². The number of piperidine rings is 1. The van der Waals surface area contributed by atoms with Gasteiger partial charge in [0, 0.05) is 25.2 Å². The van der Waals surface area contributed by atoms with Gasteiger partial charge < -0.3 is 10.1 Å². The molecule has 4 nitrogen and oxygen atoms in total. The molecule has 0 radical (unpaired) electrons. The molecule has 4 heteroatoms. The lowest BCUT2D eigenvalue weighted by Crippen LogP contribution is -2.57. The molecular weight excluding hydrogens is 252 g/mol. The van der Waals surface area contributed by atoms with Gasteiger partial charge in [0.15, 0.2) is 0 Å². The number of nitrogens with zero attached hydrogens (tertiary/aromatic N) is 1. The number of carbonyl (C=O) groups excluding carboxylic acids is 1. The predicted molar refractivity (Wildman–Crippen MR) is 80.7 cm³/mol. The maximum absolute atomic E-state index is 11.9. The van der Waals surface area contributed by atoms with Crippen LogP contribution in [0.5, 0.6) is 0 Å². The van der Waals surface area contributed by atoms with E-state index in [0.717, 1.165) is 24.9 Å². The monoisotopic (exact) mass is 282 g/mol. The fourth-order valence-electron chi connectivity index (χ4n) is 3.43. The summed E-state index contributed by atoms with van der Waals surface area (Å²) in [5.74, 6) is 1.44. The molecule has 0 aromatic heterocycles. The normalized spacial score (nSPS) is 35.2. The Bertz CT molecular complexity index is 351. The summed E-state index contributed by atoms with van der Waals surface area (Å²) in [6.07, 6.45) is 3.43. The molecule has 116 valence electrons. The van der Waals surface area contributed by atoms with E-state index < -0.39 is 5.60 Å². The van der Waals surface area contributed by atoms with Gasteiger partial charge in [-0.15, -0.1) is 0 Å². The fourth-order valence-corrected chi connectivity index (χ4v) is 3.43. The fraction of sp³-hybridized carbons (Fsp3) is 0.938. The van der Waals surface area contributed by atoms with Gasteiger partial charge in [-0.3, -0.25) is 4.90 Å². The Labute approximate surface area is 123 Å². The predicted octanol–water partition coefficient (Wildman–Crippen LogP) is 3.02. The van der Waals surface area contributed by atoms with E-state index in [1.165, 1.54) is 19.4 Å². The molecule has 1 aliphatic heterocycles. The molecule has 0 bridgehead atoms. The highest BCUT2D eigenvalue weighted by atomic mass is 16.6. The van der Waals surface area contributed by atoms with Gasteiger partial charge in [0.1, 0.15) is 5.60 Å². The second-order valence-electron chi connectivity index (χ2n) is 7.76. The number of likely N-dealkylation sites (tertiary alicyclic amines) is 1. The average molecular weight is 282 g/mol. The second-order valence-corrected chi connectivity index (χ2v) is 7.76. The maximum Gasteiger partial charge on any atom is 0.407 e. The lowest BCUT2D eigenvalue weighted by atomic mass is 9.78. The van der Waals surface area contributed by atoms with Crippen LogP contribution in [-0.4, -0.2) is 41.8 Å². The molecule has 20 heavy (non-hydrogen) atoms. The van der Waals surface area contributed by atoms with E-state index in [0.29, 0.717) is 5.92 Å². The molecule has 1 aliphatic carbocycles. The number of amides is 1. The maximum atomic E-state index is 11.9. The average Bonchev–Trinajstić information content (AvgIpc) is 2.23. The number of hydrogen-bond donors (Lipinski definition) is 1. The number of rotatable bonds is 2. The van der Waals surface area contributed by atoms with Gasteiger partial charge in [-0.1, -0.05) is 13.8 Å². The minimum absolute atomic E-state index is 0.224. The van der Waals surface area contributed by atoms with Crippen LogP contribution in [0.1, 0.15) is 53.9 Å². The molecule has 0 aromatic rings. The first-order valence-corrected chi connectivity index (χ1v) is 7.98. The van der Waals surface area contributed by atoms with E-state index >= 15 is 0 Å². The lowest BCUT2D eigenvalue weighted by Gasteiger charge is -2.48. The van der Waals surface area contributed by atoms with Crippen molar-refractivity contribution >= 4 is 6.09 Å². The molecule has 1 N–H and O–H groups in total. The first kappa shape index (κ1) is 15.6. The summed E-state index contributed by atoms with van der Waals surface area (Å²) in [4.78, 5) is 14.5. The van der Waals surface area contributed by atoms with E-state index in [4.69, 9.17) is 4.74 Å². The highest BCUT2D eigenvalue weighted by molar-refractivity contribution is 5.68. The van der Waals surface area contributed by atoms with E-state index in [1.807, 2.05) is 20.8 Å². The number of hydrogen-bond acceptors (Lipinski definition) is 3. The second kappa shape index (κ2) is 5.92. The Morgan fingerprint density at radius 2 is 1.90 bits per heavy atom. The van der Waals surface area contributed by atoms with E-state index in [-0.39, 0.29) is 12.1 Å². The summed E-state index contributed by atoms with van der Waals surface area (Å²) < 4.78 is 5.36. The summed E-state index contributed by atoms with van der Waals surface area (Å²) in [7, 11) is 0. The minimum atomic E-state index is -0.424. The molecule has 2 fully saturated rings. The molecule has 0 spiro atoms. The Morgan fingerprint density at radius 1 is 1.20 bits per heavy atom. The van der Waals surface area contributed by atoms with Crippen LogP contribution < -0.4 is 5.32 Å². The molecule has 1 saturated heterocycles. The molecule has 4 atom stereocenters. The van der Waals surface area contributed by atoms with Crippen molar-refractivity contribution in [3.05, 3.63) is 0 Å². The van der Waals surface area contributed by atoms with Crippen molar-refractivity contribution in [3.8, 4) is 0 Å². The summed E-state index contributed by atoms with van der Waals surface area (Å²) >= 11 is 0. The van der Waals surface area contributed by atoms with E-state index in [9.17, 15) is 4.79 Å². The van der Waals surface area contributed by atoms with Gasteiger partial charge in [0.05, 0.1) is 0 Å². The van der Waals surface area contributed by atoms with Gasteiger partial charge in [-0.2, -0.15) is 0 Å². The van der Waals surface area contributed by atoms with Gasteiger partial charge in [0.2, 0.25) is 0 Å². The van der Waals surface area contributed by atoms with Crippen molar-refractivity contribution in [2.24, 2.45) is 11.8 Å².